The summed E-state index contributed by atoms with van der Waals surface area (Å²) in [5.74, 6) is 0.265. The zero-order valence-corrected chi connectivity index (χ0v) is 14.1. The van der Waals surface area contributed by atoms with E-state index in [1.54, 1.807) is 0 Å². The fourth-order valence-corrected chi connectivity index (χ4v) is 3.73. The van der Waals surface area contributed by atoms with Crippen LogP contribution in [0.5, 0.6) is 0 Å². The van der Waals surface area contributed by atoms with Gasteiger partial charge in [0.2, 0.25) is 5.89 Å². The van der Waals surface area contributed by atoms with Gasteiger partial charge in [0.05, 0.1) is 10.9 Å². The van der Waals surface area contributed by atoms with Crippen molar-refractivity contribution in [2.75, 3.05) is 26.7 Å². The minimum absolute atomic E-state index is 0.0144. The van der Waals surface area contributed by atoms with E-state index in [0.717, 1.165) is 13.1 Å². The maximum Gasteiger partial charge on any atom is 0.242 e. The van der Waals surface area contributed by atoms with Gasteiger partial charge >= 0.3 is 0 Å². The van der Waals surface area contributed by atoms with Gasteiger partial charge in [-0.3, -0.25) is 4.90 Å². The van der Waals surface area contributed by atoms with Crippen LogP contribution in [-0.2, 0) is 15.6 Å². The average molecular weight is 357 g/mol. The molecule has 1 aliphatic heterocycles. The second-order valence-corrected chi connectivity index (χ2v) is 7.89. The van der Waals surface area contributed by atoms with Crippen molar-refractivity contribution in [2.24, 2.45) is 0 Å². The van der Waals surface area contributed by atoms with Gasteiger partial charge in [-0.1, -0.05) is 16.8 Å². The maximum atomic E-state index is 12.4. The molecular weight excluding hydrogens is 340 g/mol. The molecule has 1 atom stereocenters. The molecule has 0 spiro atoms. The van der Waals surface area contributed by atoms with Crippen LogP contribution in [0.3, 0.4) is 0 Å². The van der Waals surface area contributed by atoms with Crippen molar-refractivity contribution in [1.82, 2.24) is 20.4 Å². The topological polar surface area (TPSA) is 88.3 Å². The molecule has 2 heterocycles. The van der Waals surface area contributed by atoms with Crippen molar-refractivity contribution < 1.29 is 12.9 Å². The Morgan fingerprint density at radius 1 is 1.39 bits per heavy atom. The van der Waals surface area contributed by atoms with Crippen molar-refractivity contribution in [3.63, 3.8) is 0 Å². The lowest BCUT2D eigenvalue weighted by Gasteiger charge is -2.30. The number of piperazine rings is 1. The first kappa shape index (κ1) is 16.4. The summed E-state index contributed by atoms with van der Waals surface area (Å²) in [4.78, 5) is 6.54. The summed E-state index contributed by atoms with van der Waals surface area (Å²) in [6.45, 7) is 2.49. The first-order valence-electron chi connectivity index (χ1n) is 7.17. The maximum absolute atomic E-state index is 12.4. The van der Waals surface area contributed by atoms with Crippen molar-refractivity contribution >= 4 is 21.4 Å². The van der Waals surface area contributed by atoms with Gasteiger partial charge in [-0.15, -0.1) is 0 Å². The van der Waals surface area contributed by atoms with Crippen LogP contribution in [0.1, 0.15) is 17.8 Å². The number of aromatic nitrogens is 2. The SMILES string of the molecule is CN1CCNCC1c1noc(CS(=O)(=O)c2ccc(Cl)cc2)n1. The van der Waals surface area contributed by atoms with Crippen LogP contribution < -0.4 is 5.32 Å². The van der Waals surface area contributed by atoms with Crippen LogP contribution in [0.4, 0.5) is 0 Å². The van der Waals surface area contributed by atoms with E-state index >= 15 is 0 Å². The molecule has 0 saturated carbocycles. The summed E-state index contributed by atoms with van der Waals surface area (Å²) in [6.07, 6.45) is 0. The normalized spacial score (nSPS) is 19.8. The minimum Gasteiger partial charge on any atom is -0.338 e. The lowest BCUT2D eigenvalue weighted by atomic mass is 10.2. The number of hydrogen-bond acceptors (Lipinski definition) is 7. The molecule has 0 bridgehead atoms. The fraction of sp³-hybridized carbons (Fsp3) is 0.429. The van der Waals surface area contributed by atoms with Crippen LogP contribution in [0.2, 0.25) is 5.02 Å². The highest BCUT2D eigenvalue weighted by molar-refractivity contribution is 7.90. The molecule has 1 fully saturated rings. The van der Waals surface area contributed by atoms with E-state index in [1.807, 2.05) is 7.05 Å². The smallest absolute Gasteiger partial charge is 0.242 e. The molecule has 3 rings (SSSR count). The monoisotopic (exact) mass is 356 g/mol. The van der Waals surface area contributed by atoms with Gasteiger partial charge in [-0.2, -0.15) is 4.98 Å². The zero-order valence-electron chi connectivity index (χ0n) is 12.6. The molecule has 1 aliphatic rings. The predicted octanol–water partition coefficient (Wildman–Crippen LogP) is 1.27. The minimum atomic E-state index is -3.55. The van der Waals surface area contributed by atoms with Gasteiger partial charge in [-0.25, -0.2) is 8.42 Å². The van der Waals surface area contributed by atoms with Crippen LogP contribution in [0.15, 0.2) is 33.7 Å². The molecule has 1 unspecified atom stereocenters. The molecule has 1 aromatic heterocycles. The number of nitrogens with zero attached hydrogens (tertiary/aromatic N) is 3. The van der Waals surface area contributed by atoms with Crippen molar-refractivity contribution in [2.45, 2.75) is 16.7 Å². The van der Waals surface area contributed by atoms with Crippen LogP contribution in [0.25, 0.3) is 0 Å². The fourth-order valence-electron chi connectivity index (χ4n) is 2.44. The third kappa shape index (κ3) is 3.72. The predicted molar refractivity (Wildman–Crippen MR) is 84.9 cm³/mol. The van der Waals surface area contributed by atoms with E-state index in [4.69, 9.17) is 16.1 Å². The molecule has 0 radical (unpaired) electrons. The third-order valence-electron chi connectivity index (χ3n) is 3.78. The Balaban J connectivity index is 1.77. The summed E-state index contributed by atoms with van der Waals surface area (Å²) >= 11 is 5.78. The van der Waals surface area contributed by atoms with Gasteiger partial charge in [0, 0.05) is 24.7 Å². The van der Waals surface area contributed by atoms with Gasteiger partial charge in [0.15, 0.2) is 15.7 Å². The second-order valence-electron chi connectivity index (χ2n) is 5.46. The molecular formula is C14H17ClN4O3S. The van der Waals surface area contributed by atoms with Crippen molar-refractivity contribution in [1.29, 1.82) is 0 Å². The van der Waals surface area contributed by atoms with Crippen LogP contribution in [-0.4, -0.2) is 50.1 Å². The van der Waals surface area contributed by atoms with Crippen molar-refractivity contribution in [3.05, 3.63) is 41.0 Å². The second kappa shape index (κ2) is 6.56. The van der Waals surface area contributed by atoms with Gasteiger partial charge in [0.25, 0.3) is 0 Å². The summed E-state index contributed by atoms with van der Waals surface area (Å²) in [5, 5.41) is 7.67. The standard InChI is InChI=1S/C14H17ClN4O3S/c1-19-7-6-16-8-12(19)14-17-13(22-18-14)9-23(20,21)11-4-2-10(15)3-5-11/h2-5,12,16H,6-9H2,1H3. The Morgan fingerprint density at radius 2 is 2.13 bits per heavy atom. The zero-order chi connectivity index (χ0) is 16.4. The number of sulfone groups is 1. The Morgan fingerprint density at radius 3 is 2.83 bits per heavy atom. The molecule has 1 saturated heterocycles. The van der Waals surface area contributed by atoms with Crippen molar-refractivity contribution in [3.8, 4) is 0 Å². The number of hydrogen-bond donors (Lipinski definition) is 1. The molecule has 0 amide bonds. The first-order chi connectivity index (χ1) is 11.0. The first-order valence-corrected chi connectivity index (χ1v) is 9.20. The molecule has 2 aromatic rings. The van der Waals surface area contributed by atoms with Gasteiger partial charge in [-0.05, 0) is 31.3 Å². The molecule has 1 aromatic carbocycles. The Bertz CT molecular complexity index is 776. The quantitative estimate of drug-likeness (QED) is 0.882. The van der Waals surface area contributed by atoms with Crippen LogP contribution >= 0.6 is 11.6 Å². The number of halogens is 1. The summed E-state index contributed by atoms with van der Waals surface area (Å²) < 4.78 is 29.9. The third-order valence-corrected chi connectivity index (χ3v) is 5.65. The highest BCUT2D eigenvalue weighted by atomic mass is 35.5. The molecule has 7 nitrogen and oxygen atoms in total. The number of nitrogens with one attached hydrogen (secondary N) is 1. The average Bonchev–Trinajstić information content (AvgIpc) is 2.95. The molecule has 124 valence electrons. The lowest BCUT2D eigenvalue weighted by Crippen LogP contribution is -2.44. The summed E-state index contributed by atoms with van der Waals surface area (Å²) in [6, 6.07) is 5.99. The van der Waals surface area contributed by atoms with E-state index < -0.39 is 9.84 Å². The van der Waals surface area contributed by atoms with E-state index in [9.17, 15) is 8.42 Å². The highest BCUT2D eigenvalue weighted by Gasteiger charge is 2.27. The van der Waals surface area contributed by atoms with E-state index in [1.165, 1.54) is 24.3 Å². The van der Waals surface area contributed by atoms with E-state index in [-0.39, 0.29) is 22.6 Å². The molecule has 0 aliphatic carbocycles. The molecule has 1 N–H and O–H groups in total. The summed E-state index contributed by atoms with van der Waals surface area (Å²) in [5.41, 5.74) is 0. The lowest BCUT2D eigenvalue weighted by molar-refractivity contribution is 0.190. The van der Waals surface area contributed by atoms with E-state index in [0.29, 0.717) is 17.4 Å². The Kier molecular flexibility index (Phi) is 4.67. The summed E-state index contributed by atoms with van der Waals surface area (Å²) in [7, 11) is -1.57. The Hall–Kier alpha value is -1.48. The highest BCUT2D eigenvalue weighted by Crippen LogP contribution is 2.21. The number of rotatable bonds is 4. The molecule has 23 heavy (non-hydrogen) atoms. The van der Waals surface area contributed by atoms with E-state index in [2.05, 4.69) is 20.4 Å². The molecule has 9 heteroatoms. The Labute approximate surface area is 139 Å². The van der Waals surface area contributed by atoms with Crippen LogP contribution in [0, 0.1) is 0 Å². The largest absolute Gasteiger partial charge is 0.338 e. The number of likely N-dealkylation sites (N-methyl/N-ethyl adjacent to an activating group) is 1. The van der Waals surface area contributed by atoms with Gasteiger partial charge in [0.1, 0.15) is 5.75 Å². The number of benzene rings is 1. The van der Waals surface area contributed by atoms with Gasteiger partial charge < -0.3 is 9.84 Å².